The summed E-state index contributed by atoms with van der Waals surface area (Å²) in [4.78, 5) is 28.5. The van der Waals surface area contributed by atoms with Gasteiger partial charge in [0.2, 0.25) is 0 Å². The second-order valence-electron chi connectivity index (χ2n) is 5.95. The van der Waals surface area contributed by atoms with E-state index in [0.29, 0.717) is 22.4 Å². The standard InChI is InChI=1S/C19H18N2O4/c1-11-6-12(2)8-15(7-11)21-18(22)13(3)25-19(23)14-4-5-17-16(9-14)20-10-24-17/h4-10,13H,1-3H3,(H,21,22). The molecule has 6 heteroatoms. The Kier molecular flexibility index (Phi) is 4.52. The number of anilines is 1. The number of hydrogen-bond acceptors (Lipinski definition) is 5. The van der Waals surface area contributed by atoms with E-state index < -0.39 is 12.1 Å². The lowest BCUT2D eigenvalue weighted by Crippen LogP contribution is -2.30. The molecular weight excluding hydrogens is 320 g/mol. The summed E-state index contributed by atoms with van der Waals surface area (Å²) in [7, 11) is 0. The number of carbonyl (C=O) groups excluding carboxylic acids is 2. The van der Waals surface area contributed by atoms with Gasteiger partial charge < -0.3 is 14.5 Å². The second kappa shape index (κ2) is 6.76. The second-order valence-corrected chi connectivity index (χ2v) is 5.95. The Morgan fingerprint density at radius 1 is 1.12 bits per heavy atom. The highest BCUT2D eigenvalue weighted by Gasteiger charge is 2.19. The number of nitrogens with zero attached hydrogens (tertiary/aromatic N) is 1. The number of ether oxygens (including phenoxy) is 1. The predicted octanol–water partition coefficient (Wildman–Crippen LogP) is 3.63. The van der Waals surface area contributed by atoms with Crippen LogP contribution in [0.5, 0.6) is 0 Å². The van der Waals surface area contributed by atoms with Crippen molar-refractivity contribution in [3.63, 3.8) is 0 Å². The molecule has 3 aromatic rings. The first kappa shape index (κ1) is 16.7. The molecule has 0 aliphatic carbocycles. The van der Waals surface area contributed by atoms with Gasteiger partial charge >= 0.3 is 5.97 Å². The largest absolute Gasteiger partial charge is 0.449 e. The zero-order valence-corrected chi connectivity index (χ0v) is 14.2. The van der Waals surface area contributed by atoms with E-state index in [1.807, 2.05) is 32.0 Å². The first-order chi connectivity index (χ1) is 11.9. The van der Waals surface area contributed by atoms with E-state index in [0.717, 1.165) is 11.1 Å². The molecule has 0 aliphatic heterocycles. The Labute approximate surface area is 144 Å². The van der Waals surface area contributed by atoms with Crippen molar-refractivity contribution in [1.82, 2.24) is 4.98 Å². The third-order valence-electron chi connectivity index (χ3n) is 3.71. The van der Waals surface area contributed by atoms with Crippen molar-refractivity contribution in [2.45, 2.75) is 26.9 Å². The summed E-state index contributed by atoms with van der Waals surface area (Å²) in [6.07, 6.45) is 0.376. The lowest BCUT2D eigenvalue weighted by atomic mass is 10.1. The number of nitrogens with one attached hydrogen (secondary N) is 1. The predicted molar refractivity (Wildman–Crippen MR) is 93.4 cm³/mol. The highest BCUT2D eigenvalue weighted by Crippen LogP contribution is 2.17. The van der Waals surface area contributed by atoms with E-state index in [2.05, 4.69) is 10.3 Å². The lowest BCUT2D eigenvalue weighted by molar-refractivity contribution is -0.123. The van der Waals surface area contributed by atoms with Crippen LogP contribution in [-0.4, -0.2) is 23.0 Å². The average Bonchev–Trinajstić information content (AvgIpc) is 3.01. The molecule has 1 unspecified atom stereocenters. The van der Waals surface area contributed by atoms with Crippen LogP contribution in [0.25, 0.3) is 11.1 Å². The van der Waals surface area contributed by atoms with Crippen LogP contribution in [0.2, 0.25) is 0 Å². The minimum atomic E-state index is -0.929. The van der Waals surface area contributed by atoms with E-state index in [-0.39, 0.29) is 5.91 Å². The van der Waals surface area contributed by atoms with Gasteiger partial charge in [-0.05, 0) is 62.2 Å². The number of benzene rings is 2. The molecule has 1 heterocycles. The van der Waals surface area contributed by atoms with Crippen LogP contribution >= 0.6 is 0 Å². The maximum Gasteiger partial charge on any atom is 0.338 e. The fourth-order valence-corrected chi connectivity index (χ4v) is 2.56. The molecule has 0 radical (unpaired) electrons. The zero-order valence-electron chi connectivity index (χ0n) is 14.2. The Hall–Kier alpha value is -3.15. The average molecular weight is 338 g/mol. The molecule has 1 aromatic heterocycles. The third kappa shape index (κ3) is 3.85. The third-order valence-corrected chi connectivity index (χ3v) is 3.71. The summed E-state index contributed by atoms with van der Waals surface area (Å²) >= 11 is 0. The smallest absolute Gasteiger partial charge is 0.338 e. The Morgan fingerprint density at radius 3 is 2.56 bits per heavy atom. The van der Waals surface area contributed by atoms with Crippen LogP contribution in [0.3, 0.4) is 0 Å². The van der Waals surface area contributed by atoms with Gasteiger partial charge in [-0.3, -0.25) is 4.79 Å². The SMILES string of the molecule is Cc1cc(C)cc(NC(=O)C(C)OC(=O)c2ccc3ocnc3c2)c1. The van der Waals surface area contributed by atoms with Gasteiger partial charge in [0, 0.05) is 5.69 Å². The van der Waals surface area contributed by atoms with E-state index in [9.17, 15) is 9.59 Å². The molecule has 2 aromatic carbocycles. The van der Waals surface area contributed by atoms with Gasteiger partial charge in [0.15, 0.2) is 18.1 Å². The molecule has 3 rings (SSSR count). The topological polar surface area (TPSA) is 81.4 Å². The molecule has 1 atom stereocenters. The van der Waals surface area contributed by atoms with Gasteiger partial charge in [-0.15, -0.1) is 0 Å². The molecule has 0 spiro atoms. The molecule has 6 nitrogen and oxygen atoms in total. The summed E-state index contributed by atoms with van der Waals surface area (Å²) in [6.45, 7) is 5.43. The summed E-state index contributed by atoms with van der Waals surface area (Å²) in [6, 6.07) is 10.5. The maximum absolute atomic E-state index is 12.3. The fourth-order valence-electron chi connectivity index (χ4n) is 2.56. The van der Waals surface area contributed by atoms with E-state index in [1.54, 1.807) is 18.2 Å². The van der Waals surface area contributed by atoms with Crippen molar-refractivity contribution in [3.05, 3.63) is 59.5 Å². The van der Waals surface area contributed by atoms with Gasteiger partial charge in [0.1, 0.15) is 5.52 Å². The molecule has 1 N–H and O–H groups in total. The number of aromatic nitrogens is 1. The Balaban J connectivity index is 1.66. The van der Waals surface area contributed by atoms with E-state index >= 15 is 0 Å². The molecule has 0 fully saturated rings. The maximum atomic E-state index is 12.3. The van der Waals surface area contributed by atoms with Crippen LogP contribution in [0.15, 0.2) is 47.2 Å². The van der Waals surface area contributed by atoms with Crippen molar-refractivity contribution in [2.75, 3.05) is 5.32 Å². The Morgan fingerprint density at radius 2 is 1.84 bits per heavy atom. The first-order valence-corrected chi connectivity index (χ1v) is 7.86. The monoisotopic (exact) mass is 338 g/mol. The van der Waals surface area contributed by atoms with E-state index in [1.165, 1.54) is 13.3 Å². The first-order valence-electron chi connectivity index (χ1n) is 7.86. The minimum absolute atomic E-state index is 0.312. The summed E-state index contributed by atoms with van der Waals surface area (Å²) in [5, 5.41) is 2.76. The summed E-state index contributed by atoms with van der Waals surface area (Å²) in [5.74, 6) is -0.978. The lowest BCUT2D eigenvalue weighted by Gasteiger charge is -2.14. The summed E-state index contributed by atoms with van der Waals surface area (Å²) < 4.78 is 10.4. The molecule has 25 heavy (non-hydrogen) atoms. The van der Waals surface area contributed by atoms with Crippen molar-refractivity contribution >= 4 is 28.7 Å². The van der Waals surface area contributed by atoms with Gasteiger partial charge in [-0.2, -0.15) is 0 Å². The number of esters is 1. The fraction of sp³-hybridized carbons (Fsp3) is 0.211. The highest BCUT2D eigenvalue weighted by atomic mass is 16.5. The van der Waals surface area contributed by atoms with Crippen molar-refractivity contribution in [3.8, 4) is 0 Å². The molecule has 0 bridgehead atoms. The zero-order chi connectivity index (χ0) is 18.0. The van der Waals surface area contributed by atoms with Gasteiger partial charge in [0.25, 0.3) is 5.91 Å². The normalized spacial score (nSPS) is 12.0. The van der Waals surface area contributed by atoms with E-state index in [4.69, 9.17) is 9.15 Å². The molecule has 0 saturated heterocycles. The number of hydrogen-bond donors (Lipinski definition) is 1. The van der Waals surface area contributed by atoms with Crippen LogP contribution < -0.4 is 5.32 Å². The molecule has 1 amide bonds. The number of oxazole rings is 1. The number of amides is 1. The molecule has 0 aliphatic rings. The quantitative estimate of drug-likeness (QED) is 0.735. The van der Waals surface area contributed by atoms with Crippen LogP contribution in [0, 0.1) is 13.8 Å². The minimum Gasteiger partial charge on any atom is -0.449 e. The summed E-state index contributed by atoms with van der Waals surface area (Å²) in [5.41, 5.74) is 4.21. The van der Waals surface area contributed by atoms with Gasteiger partial charge in [0.05, 0.1) is 5.56 Å². The number of rotatable bonds is 4. The van der Waals surface area contributed by atoms with Crippen molar-refractivity contribution in [1.29, 1.82) is 0 Å². The molecule has 0 saturated carbocycles. The highest BCUT2D eigenvalue weighted by molar-refractivity contribution is 5.98. The van der Waals surface area contributed by atoms with Gasteiger partial charge in [-0.25, -0.2) is 9.78 Å². The van der Waals surface area contributed by atoms with Crippen molar-refractivity contribution in [2.24, 2.45) is 0 Å². The van der Waals surface area contributed by atoms with Gasteiger partial charge in [-0.1, -0.05) is 6.07 Å². The van der Waals surface area contributed by atoms with Crippen LogP contribution in [0.4, 0.5) is 5.69 Å². The number of fused-ring (bicyclic) bond motifs is 1. The Bertz CT molecular complexity index is 925. The molecular formula is C19H18N2O4. The molecule has 128 valence electrons. The number of carbonyl (C=O) groups is 2. The number of aryl methyl sites for hydroxylation is 2. The van der Waals surface area contributed by atoms with Crippen LogP contribution in [0.1, 0.15) is 28.4 Å². The van der Waals surface area contributed by atoms with Crippen molar-refractivity contribution < 1.29 is 18.7 Å². The van der Waals surface area contributed by atoms with Crippen LogP contribution in [-0.2, 0) is 9.53 Å².